The van der Waals surface area contributed by atoms with Crippen LogP contribution < -0.4 is 5.32 Å². The summed E-state index contributed by atoms with van der Waals surface area (Å²) in [5, 5.41) is 2.78. The summed E-state index contributed by atoms with van der Waals surface area (Å²) in [5.74, 6) is 2.70. The maximum absolute atomic E-state index is 13.0. The lowest BCUT2D eigenvalue weighted by atomic mass is 9.98. The lowest BCUT2D eigenvalue weighted by Gasteiger charge is -2.34. The van der Waals surface area contributed by atoms with Crippen LogP contribution in [0.1, 0.15) is 48.9 Å². The van der Waals surface area contributed by atoms with Gasteiger partial charge in [0.1, 0.15) is 12.2 Å². The summed E-state index contributed by atoms with van der Waals surface area (Å²) in [5.41, 5.74) is 6.50. The Balaban J connectivity index is 1.15. The number of carbonyl (C=O) groups excluding carboxylic acids is 2. The average molecular weight is 538 g/mol. The predicted octanol–water partition coefficient (Wildman–Crippen LogP) is 6.08. The molecule has 0 spiro atoms. The van der Waals surface area contributed by atoms with Crippen molar-refractivity contribution in [3.63, 3.8) is 0 Å². The molecule has 3 aromatic carbocycles. The van der Waals surface area contributed by atoms with Crippen molar-refractivity contribution in [2.45, 2.75) is 38.8 Å². The van der Waals surface area contributed by atoms with Gasteiger partial charge in [0.15, 0.2) is 0 Å². The molecule has 0 saturated carbocycles. The van der Waals surface area contributed by atoms with Gasteiger partial charge in [-0.05, 0) is 66.8 Å². The fourth-order valence-electron chi connectivity index (χ4n) is 5.39. The summed E-state index contributed by atoms with van der Waals surface area (Å²) in [6.45, 7) is 8.99. The van der Waals surface area contributed by atoms with Crippen molar-refractivity contribution >= 4 is 17.9 Å². The Hall–Kier alpha value is -4.28. The van der Waals surface area contributed by atoms with E-state index < -0.39 is 11.7 Å². The highest BCUT2D eigenvalue weighted by Gasteiger charge is 2.30. The molecule has 1 aliphatic carbocycles. The topological polar surface area (TPSA) is 71.1 Å². The lowest BCUT2D eigenvalue weighted by Crippen LogP contribution is -2.48. The van der Waals surface area contributed by atoms with Crippen molar-refractivity contribution in [3.8, 4) is 23.5 Å². The second-order valence-corrected chi connectivity index (χ2v) is 11.3. The van der Waals surface area contributed by atoms with Gasteiger partial charge in [-0.3, -0.25) is 10.2 Å². The van der Waals surface area contributed by atoms with E-state index in [-0.39, 0.29) is 12.0 Å². The second-order valence-electron chi connectivity index (χ2n) is 11.3. The number of nitrogens with zero attached hydrogens (tertiary/aromatic N) is 2. The van der Waals surface area contributed by atoms with Crippen LogP contribution >= 0.6 is 0 Å². The Kier molecular flexibility index (Phi) is 7.81. The van der Waals surface area contributed by atoms with E-state index in [2.05, 4.69) is 40.4 Å². The molecule has 40 heavy (non-hydrogen) atoms. The largest absolute Gasteiger partial charge is 0.448 e. The van der Waals surface area contributed by atoms with E-state index in [1.54, 1.807) is 11.0 Å². The summed E-state index contributed by atoms with van der Waals surface area (Å²) >= 11 is 0. The predicted molar refractivity (Wildman–Crippen MR) is 156 cm³/mol. The number of benzene rings is 3. The quantitative estimate of drug-likeness (QED) is 0.400. The number of fused-ring (bicyclic) bond motifs is 3. The number of hydrogen-bond donors (Lipinski definition) is 1. The molecular formula is C33H35N3O4. The number of piperazine rings is 1. The minimum atomic E-state index is -0.594. The normalized spacial score (nSPS) is 15.1. The van der Waals surface area contributed by atoms with Crippen LogP contribution in [0.15, 0.2) is 66.7 Å². The van der Waals surface area contributed by atoms with E-state index in [4.69, 9.17) is 15.9 Å². The van der Waals surface area contributed by atoms with Crippen LogP contribution in [0.25, 0.3) is 11.1 Å². The van der Waals surface area contributed by atoms with E-state index in [1.165, 1.54) is 22.3 Å². The Morgan fingerprint density at radius 1 is 0.950 bits per heavy atom. The van der Waals surface area contributed by atoms with Crippen molar-refractivity contribution in [2.75, 3.05) is 38.1 Å². The van der Waals surface area contributed by atoms with Crippen LogP contribution in [-0.2, 0) is 16.0 Å². The van der Waals surface area contributed by atoms with Crippen molar-refractivity contribution in [2.24, 2.45) is 0 Å². The molecule has 0 atom stereocenters. The number of rotatable bonds is 5. The third-order valence-electron chi connectivity index (χ3n) is 7.18. The maximum Gasteiger partial charge on any atom is 0.412 e. The van der Waals surface area contributed by atoms with Gasteiger partial charge >= 0.3 is 12.2 Å². The first-order valence-corrected chi connectivity index (χ1v) is 13.6. The van der Waals surface area contributed by atoms with Gasteiger partial charge in [-0.2, -0.15) is 0 Å². The van der Waals surface area contributed by atoms with Gasteiger partial charge in [0.2, 0.25) is 0 Å². The number of terminal acetylenes is 1. The molecule has 7 nitrogen and oxygen atoms in total. The Bertz CT molecular complexity index is 1400. The second kappa shape index (κ2) is 11.4. The molecule has 0 radical (unpaired) electrons. The molecule has 1 aliphatic heterocycles. The molecule has 1 N–H and O–H groups in total. The van der Waals surface area contributed by atoms with Crippen LogP contribution in [0.4, 0.5) is 15.3 Å². The molecule has 0 bridgehead atoms. The number of hydrogen-bond acceptors (Lipinski definition) is 5. The average Bonchev–Trinajstić information content (AvgIpc) is 3.24. The zero-order valence-electron chi connectivity index (χ0n) is 23.3. The monoisotopic (exact) mass is 537 g/mol. The Labute approximate surface area is 236 Å². The zero-order chi connectivity index (χ0) is 28.3. The van der Waals surface area contributed by atoms with Gasteiger partial charge in [0.25, 0.3) is 0 Å². The molecule has 0 unspecified atom stereocenters. The number of carbonyl (C=O) groups is 2. The third-order valence-corrected chi connectivity index (χ3v) is 7.18. The molecule has 2 aliphatic rings. The van der Waals surface area contributed by atoms with Crippen molar-refractivity contribution in [3.05, 3.63) is 89.0 Å². The summed E-state index contributed by atoms with van der Waals surface area (Å²) in [6, 6.07) is 22.3. The van der Waals surface area contributed by atoms with Gasteiger partial charge in [-0.1, -0.05) is 54.5 Å². The molecule has 7 heteroatoms. The lowest BCUT2D eigenvalue weighted by molar-refractivity contribution is 0.0635. The summed E-state index contributed by atoms with van der Waals surface area (Å²) in [4.78, 5) is 29.3. The van der Waals surface area contributed by atoms with Gasteiger partial charge < -0.3 is 14.4 Å². The molecule has 206 valence electrons. The van der Waals surface area contributed by atoms with Crippen molar-refractivity contribution in [1.29, 1.82) is 0 Å². The van der Waals surface area contributed by atoms with Crippen LogP contribution in [0, 0.1) is 12.3 Å². The van der Waals surface area contributed by atoms with E-state index in [9.17, 15) is 9.59 Å². The first-order chi connectivity index (χ1) is 19.2. The number of ether oxygens (including phenoxy) is 2. The molecule has 1 heterocycles. The summed E-state index contributed by atoms with van der Waals surface area (Å²) < 4.78 is 11.2. The van der Waals surface area contributed by atoms with Crippen LogP contribution in [0.2, 0.25) is 0 Å². The summed E-state index contributed by atoms with van der Waals surface area (Å²) in [6.07, 6.45) is 4.86. The molecule has 5 rings (SSSR count). The van der Waals surface area contributed by atoms with E-state index in [1.807, 2.05) is 57.2 Å². The Morgan fingerprint density at radius 2 is 1.57 bits per heavy atom. The number of anilines is 1. The fourth-order valence-corrected chi connectivity index (χ4v) is 5.39. The highest BCUT2D eigenvalue weighted by Crippen LogP contribution is 2.44. The SMILES string of the molecule is C#Cc1cc(CN2CCN(C(=O)OCC3c4ccccc4-c4ccccc43)CC2)cc(NC(=O)OC(C)(C)C)c1. The van der Waals surface area contributed by atoms with Gasteiger partial charge in [-0.15, -0.1) is 6.42 Å². The highest BCUT2D eigenvalue weighted by molar-refractivity contribution is 5.85. The van der Waals surface area contributed by atoms with Crippen LogP contribution in [0.5, 0.6) is 0 Å². The van der Waals surface area contributed by atoms with Crippen molar-refractivity contribution in [1.82, 2.24) is 9.80 Å². The molecular weight excluding hydrogens is 502 g/mol. The maximum atomic E-state index is 13.0. The third kappa shape index (κ3) is 6.30. The highest BCUT2D eigenvalue weighted by atomic mass is 16.6. The summed E-state index contributed by atoms with van der Waals surface area (Å²) in [7, 11) is 0. The minimum Gasteiger partial charge on any atom is -0.448 e. The first-order valence-electron chi connectivity index (χ1n) is 13.6. The van der Waals surface area contributed by atoms with Gasteiger partial charge in [0.05, 0.1) is 0 Å². The zero-order valence-corrected chi connectivity index (χ0v) is 23.3. The van der Waals surface area contributed by atoms with E-state index in [0.717, 1.165) is 5.56 Å². The fraction of sp³-hybridized carbons (Fsp3) is 0.333. The number of amides is 2. The standard InChI is InChI=1S/C33H35N3O4/c1-5-23-18-24(20-25(19-23)34-31(37)40-33(2,3)4)21-35-14-16-36(17-15-35)32(38)39-22-30-28-12-8-6-10-26(28)27-11-7-9-13-29(27)30/h1,6-13,18-20,30H,14-17,21-22H2,2-4H3,(H,34,37). The molecule has 1 fully saturated rings. The van der Waals surface area contributed by atoms with Gasteiger partial charge in [0, 0.05) is 49.9 Å². The van der Waals surface area contributed by atoms with Crippen molar-refractivity contribution < 1.29 is 19.1 Å². The van der Waals surface area contributed by atoms with E-state index in [0.29, 0.717) is 50.6 Å². The first kappa shape index (κ1) is 27.3. The minimum absolute atomic E-state index is 0.0459. The smallest absolute Gasteiger partial charge is 0.412 e. The van der Waals surface area contributed by atoms with Crippen LogP contribution in [0.3, 0.4) is 0 Å². The molecule has 2 amide bonds. The van der Waals surface area contributed by atoms with E-state index >= 15 is 0 Å². The van der Waals surface area contributed by atoms with Gasteiger partial charge in [-0.25, -0.2) is 9.59 Å². The molecule has 0 aromatic heterocycles. The van der Waals surface area contributed by atoms with Crippen LogP contribution in [-0.4, -0.2) is 60.4 Å². The molecule has 1 saturated heterocycles. The Morgan fingerprint density at radius 3 is 2.17 bits per heavy atom. The number of nitrogens with one attached hydrogen (secondary N) is 1. The molecule has 3 aromatic rings.